The second-order valence-electron chi connectivity index (χ2n) is 5.56. The highest BCUT2D eigenvalue weighted by Crippen LogP contribution is 2.30. The smallest absolute Gasteiger partial charge is 0.270 e. The number of amides is 1. The molecule has 1 aliphatic rings. The molecule has 21 heavy (non-hydrogen) atoms. The highest BCUT2D eigenvalue weighted by Gasteiger charge is 2.23. The summed E-state index contributed by atoms with van der Waals surface area (Å²) in [7, 11) is 1.76. The van der Waals surface area contributed by atoms with Crippen LogP contribution in [0.15, 0.2) is 24.3 Å². The van der Waals surface area contributed by atoms with Gasteiger partial charge in [-0.05, 0) is 55.5 Å². The molecule has 1 N–H and O–H groups in total. The molecule has 1 aromatic heterocycles. The van der Waals surface area contributed by atoms with Crippen LogP contribution >= 0.6 is 0 Å². The number of aryl methyl sites for hydroxylation is 3. The van der Waals surface area contributed by atoms with Gasteiger partial charge in [-0.15, -0.1) is 0 Å². The number of nitrogens with one attached hydrogen (secondary N) is 1. The summed E-state index contributed by atoms with van der Waals surface area (Å²) in [5, 5.41) is 7.23. The molecule has 1 aromatic carbocycles. The minimum Gasteiger partial charge on any atom is -0.344 e. The standard InChI is InChI=1S/C16H18FN3O/c1-10-8-15(20(2)19-10)16(21)18-14-5-3-4-11-9-12(17)6-7-13(11)14/h6-9,14H,3-5H2,1-2H3,(H,18,21). The van der Waals surface area contributed by atoms with Crippen LogP contribution in [-0.2, 0) is 13.5 Å². The number of benzene rings is 1. The number of hydrogen-bond donors (Lipinski definition) is 1. The van der Waals surface area contributed by atoms with Gasteiger partial charge in [0.15, 0.2) is 0 Å². The first-order valence-corrected chi connectivity index (χ1v) is 7.14. The van der Waals surface area contributed by atoms with Gasteiger partial charge in [-0.3, -0.25) is 9.48 Å². The number of nitrogens with zero attached hydrogens (tertiary/aromatic N) is 2. The van der Waals surface area contributed by atoms with Crippen molar-refractivity contribution in [3.63, 3.8) is 0 Å². The van der Waals surface area contributed by atoms with Crippen LogP contribution in [-0.4, -0.2) is 15.7 Å². The average molecular weight is 287 g/mol. The van der Waals surface area contributed by atoms with Gasteiger partial charge >= 0.3 is 0 Å². The van der Waals surface area contributed by atoms with Crippen molar-refractivity contribution in [2.75, 3.05) is 0 Å². The van der Waals surface area contributed by atoms with Crippen molar-refractivity contribution in [1.82, 2.24) is 15.1 Å². The number of rotatable bonds is 2. The molecule has 2 aromatic rings. The number of hydrogen-bond acceptors (Lipinski definition) is 2. The Bertz CT molecular complexity index is 693. The summed E-state index contributed by atoms with van der Waals surface area (Å²) in [5.74, 6) is -0.358. The predicted octanol–water partition coefficient (Wildman–Crippen LogP) is 2.68. The maximum atomic E-state index is 13.3. The normalized spacial score (nSPS) is 17.4. The maximum Gasteiger partial charge on any atom is 0.270 e. The van der Waals surface area contributed by atoms with Crippen LogP contribution in [0.1, 0.15) is 46.2 Å². The lowest BCUT2D eigenvalue weighted by molar-refractivity contribution is 0.0923. The van der Waals surface area contributed by atoms with Crippen molar-refractivity contribution < 1.29 is 9.18 Å². The SMILES string of the molecule is Cc1cc(C(=O)NC2CCCc3cc(F)ccc32)n(C)n1. The molecule has 0 fully saturated rings. The van der Waals surface area contributed by atoms with E-state index >= 15 is 0 Å². The molecule has 1 heterocycles. The summed E-state index contributed by atoms with van der Waals surface area (Å²) >= 11 is 0. The summed E-state index contributed by atoms with van der Waals surface area (Å²) in [4.78, 5) is 12.4. The van der Waals surface area contributed by atoms with Gasteiger partial charge in [-0.25, -0.2) is 4.39 Å². The lowest BCUT2D eigenvalue weighted by atomic mass is 9.87. The second kappa shape index (κ2) is 5.31. The number of aromatic nitrogens is 2. The third-order valence-corrected chi connectivity index (χ3v) is 3.96. The van der Waals surface area contributed by atoms with E-state index in [0.717, 1.165) is 36.1 Å². The number of carbonyl (C=O) groups excluding carboxylic acids is 1. The fourth-order valence-electron chi connectivity index (χ4n) is 2.99. The van der Waals surface area contributed by atoms with Gasteiger partial charge in [-0.2, -0.15) is 5.10 Å². The van der Waals surface area contributed by atoms with Crippen molar-refractivity contribution in [3.8, 4) is 0 Å². The topological polar surface area (TPSA) is 46.9 Å². The van der Waals surface area contributed by atoms with Crippen molar-refractivity contribution in [3.05, 3.63) is 52.6 Å². The Balaban J connectivity index is 1.83. The summed E-state index contributed by atoms with van der Waals surface area (Å²) in [5.41, 5.74) is 3.37. The zero-order chi connectivity index (χ0) is 15.0. The Morgan fingerprint density at radius 1 is 1.43 bits per heavy atom. The first-order valence-electron chi connectivity index (χ1n) is 7.14. The molecule has 0 radical (unpaired) electrons. The lowest BCUT2D eigenvalue weighted by Crippen LogP contribution is -2.32. The van der Waals surface area contributed by atoms with Gasteiger partial charge in [0.25, 0.3) is 5.91 Å². The van der Waals surface area contributed by atoms with Crippen LogP contribution in [0.4, 0.5) is 4.39 Å². The van der Waals surface area contributed by atoms with Gasteiger partial charge in [0.1, 0.15) is 11.5 Å². The summed E-state index contributed by atoms with van der Waals surface area (Å²) < 4.78 is 14.9. The summed E-state index contributed by atoms with van der Waals surface area (Å²) in [6, 6.07) is 6.52. The van der Waals surface area contributed by atoms with E-state index in [1.807, 2.05) is 6.92 Å². The minimum absolute atomic E-state index is 0.0583. The van der Waals surface area contributed by atoms with E-state index in [-0.39, 0.29) is 17.8 Å². The lowest BCUT2D eigenvalue weighted by Gasteiger charge is -2.26. The van der Waals surface area contributed by atoms with Gasteiger partial charge in [0, 0.05) is 7.05 Å². The molecule has 110 valence electrons. The molecule has 1 unspecified atom stereocenters. The molecule has 1 amide bonds. The zero-order valence-electron chi connectivity index (χ0n) is 12.2. The largest absolute Gasteiger partial charge is 0.344 e. The van der Waals surface area contributed by atoms with Crippen molar-refractivity contribution in [2.24, 2.45) is 7.05 Å². The van der Waals surface area contributed by atoms with Crippen LogP contribution in [0.5, 0.6) is 0 Å². The third-order valence-electron chi connectivity index (χ3n) is 3.96. The number of carbonyl (C=O) groups is 1. The highest BCUT2D eigenvalue weighted by molar-refractivity contribution is 5.93. The Kier molecular flexibility index (Phi) is 3.49. The molecule has 5 heteroatoms. The van der Waals surface area contributed by atoms with Crippen LogP contribution in [0.3, 0.4) is 0 Å². The van der Waals surface area contributed by atoms with E-state index in [1.165, 1.54) is 6.07 Å². The van der Waals surface area contributed by atoms with E-state index in [2.05, 4.69) is 10.4 Å². The van der Waals surface area contributed by atoms with Crippen LogP contribution in [0.25, 0.3) is 0 Å². The van der Waals surface area contributed by atoms with Crippen molar-refractivity contribution in [1.29, 1.82) is 0 Å². The van der Waals surface area contributed by atoms with E-state index in [9.17, 15) is 9.18 Å². The molecular formula is C16H18FN3O. The monoisotopic (exact) mass is 287 g/mol. The van der Waals surface area contributed by atoms with Crippen LogP contribution in [0.2, 0.25) is 0 Å². The molecular weight excluding hydrogens is 269 g/mol. The van der Waals surface area contributed by atoms with Gasteiger partial charge in [0.05, 0.1) is 11.7 Å². The molecule has 0 spiro atoms. The van der Waals surface area contributed by atoms with Gasteiger partial charge in [0.2, 0.25) is 0 Å². The molecule has 3 rings (SSSR count). The van der Waals surface area contributed by atoms with Crippen LogP contribution in [0, 0.1) is 12.7 Å². The number of fused-ring (bicyclic) bond motifs is 1. The molecule has 1 aliphatic carbocycles. The third kappa shape index (κ3) is 2.68. The van der Waals surface area contributed by atoms with Crippen molar-refractivity contribution >= 4 is 5.91 Å². The molecule has 0 aliphatic heterocycles. The predicted molar refractivity (Wildman–Crippen MR) is 77.5 cm³/mol. The van der Waals surface area contributed by atoms with E-state index < -0.39 is 0 Å². The highest BCUT2D eigenvalue weighted by atomic mass is 19.1. The first-order chi connectivity index (χ1) is 10.0. The molecule has 0 saturated heterocycles. The van der Waals surface area contributed by atoms with E-state index in [1.54, 1.807) is 29.9 Å². The summed E-state index contributed by atoms with van der Waals surface area (Å²) in [6.07, 6.45) is 2.69. The Hall–Kier alpha value is -2.17. The molecule has 0 bridgehead atoms. The Morgan fingerprint density at radius 3 is 2.95 bits per heavy atom. The summed E-state index contributed by atoms with van der Waals surface area (Å²) in [6.45, 7) is 1.86. The Labute approximate surface area is 123 Å². The molecule has 1 atom stereocenters. The number of halogens is 1. The Morgan fingerprint density at radius 2 is 2.24 bits per heavy atom. The van der Waals surface area contributed by atoms with Crippen molar-refractivity contribution in [2.45, 2.75) is 32.2 Å². The average Bonchev–Trinajstić information content (AvgIpc) is 2.77. The fourth-order valence-corrected chi connectivity index (χ4v) is 2.99. The molecule has 0 saturated carbocycles. The van der Waals surface area contributed by atoms with Gasteiger partial charge < -0.3 is 5.32 Å². The van der Waals surface area contributed by atoms with Crippen LogP contribution < -0.4 is 5.32 Å². The molecule has 4 nitrogen and oxygen atoms in total. The first kappa shape index (κ1) is 13.8. The maximum absolute atomic E-state index is 13.3. The van der Waals surface area contributed by atoms with E-state index in [0.29, 0.717) is 5.69 Å². The minimum atomic E-state index is -0.219. The fraction of sp³-hybridized carbons (Fsp3) is 0.375. The second-order valence-corrected chi connectivity index (χ2v) is 5.56. The quantitative estimate of drug-likeness (QED) is 0.923. The van der Waals surface area contributed by atoms with E-state index in [4.69, 9.17) is 0 Å². The zero-order valence-corrected chi connectivity index (χ0v) is 12.2. The van der Waals surface area contributed by atoms with Gasteiger partial charge in [-0.1, -0.05) is 6.07 Å².